The van der Waals surface area contributed by atoms with Crippen molar-refractivity contribution in [2.45, 2.75) is 232 Å². The molecular formula is C48H92I2O3. The van der Waals surface area contributed by atoms with Crippen LogP contribution in [0.5, 0.6) is 0 Å². The normalized spacial score (nSPS) is 13.2. The topological polar surface area (TPSA) is 27.7 Å². The third-order valence-electron chi connectivity index (χ3n) is 10.8. The molecule has 0 fully saturated rings. The van der Waals surface area contributed by atoms with Crippen molar-refractivity contribution in [1.82, 2.24) is 0 Å². The van der Waals surface area contributed by atoms with Crippen LogP contribution < -0.4 is 0 Å². The number of ether oxygens (including phenoxy) is 3. The molecule has 53 heavy (non-hydrogen) atoms. The minimum atomic E-state index is 0.337. The summed E-state index contributed by atoms with van der Waals surface area (Å²) in [5.41, 5.74) is 0. The van der Waals surface area contributed by atoms with Crippen molar-refractivity contribution < 1.29 is 14.2 Å². The Morgan fingerprint density at radius 2 is 0.679 bits per heavy atom. The fourth-order valence-electron chi connectivity index (χ4n) is 7.20. The van der Waals surface area contributed by atoms with Gasteiger partial charge in [-0.05, 0) is 84.9 Å². The van der Waals surface area contributed by atoms with E-state index < -0.39 is 0 Å². The van der Waals surface area contributed by atoms with Crippen LogP contribution in [0.3, 0.4) is 0 Å². The summed E-state index contributed by atoms with van der Waals surface area (Å²) in [6.07, 6.45) is 56.2. The SMILES string of the molecule is CCCCCCC(C=CCCCCCCCCCCCCI)CCOCOCOCCC(C=CCCCCCCCCCCCCI)CCCCCC. The Labute approximate surface area is 360 Å². The largest absolute Gasteiger partial charge is 0.355 e. The van der Waals surface area contributed by atoms with Gasteiger partial charge < -0.3 is 14.2 Å². The van der Waals surface area contributed by atoms with Crippen molar-refractivity contribution in [2.24, 2.45) is 11.8 Å². The van der Waals surface area contributed by atoms with Crippen LogP contribution in [0.2, 0.25) is 0 Å². The molecule has 0 aromatic rings. The molecule has 0 saturated carbocycles. The first-order chi connectivity index (χ1) is 26.3. The Morgan fingerprint density at radius 1 is 0.358 bits per heavy atom. The van der Waals surface area contributed by atoms with Crippen LogP contribution in [-0.2, 0) is 14.2 Å². The molecule has 0 heterocycles. The maximum absolute atomic E-state index is 5.90. The number of alkyl halides is 2. The molecule has 0 spiro atoms. The summed E-state index contributed by atoms with van der Waals surface area (Å²) in [5.74, 6) is 1.26. The van der Waals surface area contributed by atoms with Gasteiger partial charge >= 0.3 is 0 Å². The lowest BCUT2D eigenvalue weighted by Gasteiger charge is -2.14. The van der Waals surface area contributed by atoms with Gasteiger partial charge in [-0.3, -0.25) is 0 Å². The number of unbranched alkanes of at least 4 members (excludes halogenated alkanes) is 26. The first-order valence-corrected chi connectivity index (χ1v) is 26.5. The summed E-state index contributed by atoms with van der Waals surface area (Å²) in [5, 5.41) is 0. The third-order valence-corrected chi connectivity index (χ3v) is 12.3. The minimum absolute atomic E-state index is 0.337. The smallest absolute Gasteiger partial charge is 0.149 e. The molecule has 316 valence electrons. The molecule has 0 bridgehead atoms. The van der Waals surface area contributed by atoms with Gasteiger partial charge in [0.2, 0.25) is 0 Å². The van der Waals surface area contributed by atoms with Gasteiger partial charge in [0.05, 0.1) is 0 Å². The number of hydrogen-bond acceptors (Lipinski definition) is 3. The zero-order valence-electron chi connectivity index (χ0n) is 35.7. The molecular weight excluding hydrogens is 878 g/mol. The Hall–Kier alpha value is 0.820. The maximum atomic E-state index is 5.90. The van der Waals surface area contributed by atoms with Crippen LogP contribution >= 0.6 is 45.2 Å². The van der Waals surface area contributed by atoms with Crippen molar-refractivity contribution >= 4 is 45.2 Å². The van der Waals surface area contributed by atoms with E-state index in [2.05, 4.69) is 83.3 Å². The van der Waals surface area contributed by atoms with E-state index in [-0.39, 0.29) is 0 Å². The predicted molar refractivity (Wildman–Crippen MR) is 254 cm³/mol. The minimum Gasteiger partial charge on any atom is -0.355 e. The van der Waals surface area contributed by atoms with Crippen LogP contribution in [0, 0.1) is 11.8 Å². The molecule has 0 aliphatic rings. The van der Waals surface area contributed by atoms with Crippen molar-refractivity contribution in [1.29, 1.82) is 0 Å². The zero-order valence-corrected chi connectivity index (χ0v) is 40.0. The standard InChI is InChI=1S/C48H92I2O3/c1-3-5-7-29-35-47(37-31-25-21-17-13-9-11-15-19-23-27-33-41-49)39-43-51-45-53-46-52-44-40-48(36-30-8-6-4-2)38-32-26-22-18-14-10-12-16-20-24-28-34-42-50/h31-32,37-38,47-48H,3-30,33-36,39-46H2,1-2H3. The summed E-state index contributed by atoms with van der Waals surface area (Å²) in [6.45, 7) is 6.81. The van der Waals surface area contributed by atoms with Gasteiger partial charge in [-0.2, -0.15) is 0 Å². The van der Waals surface area contributed by atoms with E-state index in [4.69, 9.17) is 14.2 Å². The first kappa shape index (κ1) is 53.8. The highest BCUT2D eigenvalue weighted by Crippen LogP contribution is 2.20. The third kappa shape index (κ3) is 45.4. The molecule has 0 radical (unpaired) electrons. The Morgan fingerprint density at radius 3 is 1.02 bits per heavy atom. The molecule has 0 amide bonds. The van der Waals surface area contributed by atoms with Gasteiger partial charge in [-0.15, -0.1) is 0 Å². The van der Waals surface area contributed by atoms with Gasteiger partial charge in [-0.1, -0.05) is 237 Å². The van der Waals surface area contributed by atoms with E-state index >= 15 is 0 Å². The Kier molecular flexibility index (Phi) is 49.7. The molecule has 5 heteroatoms. The zero-order chi connectivity index (χ0) is 38.4. The summed E-state index contributed by atoms with van der Waals surface area (Å²) in [4.78, 5) is 0. The van der Waals surface area contributed by atoms with Crippen LogP contribution in [0.15, 0.2) is 24.3 Å². The predicted octanol–water partition coefficient (Wildman–Crippen LogP) is 17.5. The molecule has 0 aromatic carbocycles. The van der Waals surface area contributed by atoms with E-state index in [1.165, 1.54) is 214 Å². The maximum Gasteiger partial charge on any atom is 0.149 e. The highest BCUT2D eigenvalue weighted by molar-refractivity contribution is 14.1. The molecule has 2 atom stereocenters. The molecule has 0 N–H and O–H groups in total. The first-order valence-electron chi connectivity index (χ1n) is 23.5. The molecule has 0 saturated heterocycles. The lowest BCUT2D eigenvalue weighted by atomic mass is 9.96. The average Bonchev–Trinajstić information content (AvgIpc) is 3.17. The van der Waals surface area contributed by atoms with Gasteiger partial charge in [-0.25, -0.2) is 0 Å². The van der Waals surface area contributed by atoms with E-state index in [0.717, 1.165) is 26.1 Å². The number of hydrogen-bond donors (Lipinski definition) is 0. The van der Waals surface area contributed by atoms with Gasteiger partial charge in [0, 0.05) is 13.2 Å². The molecule has 0 aliphatic heterocycles. The highest BCUT2D eigenvalue weighted by Gasteiger charge is 2.07. The van der Waals surface area contributed by atoms with E-state index in [9.17, 15) is 0 Å². The monoisotopic (exact) mass is 971 g/mol. The van der Waals surface area contributed by atoms with Gasteiger partial charge in [0.25, 0.3) is 0 Å². The second-order valence-corrected chi connectivity index (χ2v) is 18.1. The highest BCUT2D eigenvalue weighted by atomic mass is 127. The molecule has 0 aromatic heterocycles. The number of rotatable bonds is 46. The lowest BCUT2D eigenvalue weighted by Crippen LogP contribution is -2.10. The quantitative estimate of drug-likeness (QED) is 0.0200. The van der Waals surface area contributed by atoms with E-state index in [1.54, 1.807) is 0 Å². The van der Waals surface area contributed by atoms with E-state index in [1.807, 2.05) is 0 Å². The molecule has 3 nitrogen and oxygen atoms in total. The van der Waals surface area contributed by atoms with Gasteiger partial charge in [0.1, 0.15) is 13.6 Å². The molecule has 0 aliphatic carbocycles. The van der Waals surface area contributed by atoms with Gasteiger partial charge in [0.15, 0.2) is 0 Å². The fourth-order valence-corrected chi connectivity index (χ4v) is 8.28. The van der Waals surface area contributed by atoms with E-state index in [0.29, 0.717) is 25.4 Å². The lowest BCUT2D eigenvalue weighted by molar-refractivity contribution is -0.133. The Bertz CT molecular complexity index is 657. The number of halogens is 2. The summed E-state index contributed by atoms with van der Waals surface area (Å²) < 4.78 is 20.1. The van der Waals surface area contributed by atoms with Crippen LogP contribution in [0.25, 0.3) is 0 Å². The fraction of sp³-hybridized carbons (Fsp3) is 0.917. The second-order valence-electron chi connectivity index (χ2n) is 15.9. The van der Waals surface area contributed by atoms with Crippen molar-refractivity contribution in [2.75, 3.05) is 35.7 Å². The summed E-state index contributed by atoms with van der Waals surface area (Å²) in [6, 6.07) is 0. The van der Waals surface area contributed by atoms with Crippen molar-refractivity contribution in [3.63, 3.8) is 0 Å². The summed E-state index contributed by atoms with van der Waals surface area (Å²) in [7, 11) is 0. The average molecular weight is 971 g/mol. The van der Waals surface area contributed by atoms with Crippen LogP contribution in [0.1, 0.15) is 232 Å². The van der Waals surface area contributed by atoms with Crippen molar-refractivity contribution in [3.8, 4) is 0 Å². The second kappa shape index (κ2) is 49.0. The van der Waals surface area contributed by atoms with Crippen LogP contribution in [-0.4, -0.2) is 35.7 Å². The van der Waals surface area contributed by atoms with Crippen LogP contribution in [0.4, 0.5) is 0 Å². The molecule has 0 rings (SSSR count). The number of allylic oxidation sites excluding steroid dienone is 4. The van der Waals surface area contributed by atoms with Crippen molar-refractivity contribution in [3.05, 3.63) is 24.3 Å². The summed E-state index contributed by atoms with van der Waals surface area (Å²) >= 11 is 5.00. The Balaban J connectivity index is 4.10. The molecule has 2 unspecified atom stereocenters.